The molecule has 0 aliphatic carbocycles. The lowest BCUT2D eigenvalue weighted by atomic mass is 9.97. The van der Waals surface area contributed by atoms with Crippen LogP contribution in [0.3, 0.4) is 0 Å². The molecule has 26 heavy (non-hydrogen) atoms. The summed E-state index contributed by atoms with van der Waals surface area (Å²) in [5, 5.41) is 2.94. The highest BCUT2D eigenvalue weighted by Crippen LogP contribution is 2.23. The molecule has 2 aromatic rings. The second-order valence-electron chi connectivity index (χ2n) is 6.21. The van der Waals surface area contributed by atoms with Crippen LogP contribution in [-0.2, 0) is 21.4 Å². The molecule has 0 saturated carbocycles. The maximum atomic E-state index is 12.6. The van der Waals surface area contributed by atoms with Crippen LogP contribution in [0.25, 0.3) is 0 Å². The van der Waals surface area contributed by atoms with E-state index in [0.717, 1.165) is 10.0 Å². The third-order valence-electron chi connectivity index (χ3n) is 4.48. The summed E-state index contributed by atoms with van der Waals surface area (Å²) in [6.45, 7) is 1.15. The number of benzene rings is 1. The third kappa shape index (κ3) is 4.49. The van der Waals surface area contributed by atoms with Gasteiger partial charge in [-0.2, -0.15) is 4.31 Å². The lowest BCUT2D eigenvalue weighted by molar-refractivity contribution is -0.126. The van der Waals surface area contributed by atoms with E-state index < -0.39 is 10.0 Å². The van der Waals surface area contributed by atoms with Gasteiger partial charge in [-0.15, -0.1) is 0 Å². The zero-order chi connectivity index (χ0) is 18.6. The Kier molecular flexibility index (Phi) is 6.05. The first-order valence-corrected chi connectivity index (χ1v) is 10.6. The fourth-order valence-corrected chi connectivity index (χ4v) is 4.64. The van der Waals surface area contributed by atoms with Crippen molar-refractivity contribution in [1.82, 2.24) is 14.6 Å². The molecule has 1 aromatic heterocycles. The number of carbonyl (C=O) groups excluding carboxylic acids is 1. The highest BCUT2D eigenvalue weighted by Gasteiger charge is 2.32. The minimum absolute atomic E-state index is 0.0219. The molecule has 1 aliphatic rings. The molecular weight excluding hydrogens is 418 g/mol. The predicted octanol–water partition coefficient (Wildman–Crippen LogP) is 2.56. The molecule has 1 aliphatic heterocycles. The number of nitrogens with one attached hydrogen (secondary N) is 1. The van der Waals surface area contributed by atoms with E-state index in [0.29, 0.717) is 32.5 Å². The Morgan fingerprint density at radius 2 is 1.88 bits per heavy atom. The molecule has 1 N–H and O–H groups in total. The van der Waals surface area contributed by atoms with Crippen LogP contribution in [-0.4, -0.2) is 36.7 Å². The van der Waals surface area contributed by atoms with Gasteiger partial charge in [-0.3, -0.25) is 9.78 Å². The normalized spacial score (nSPS) is 16.3. The lowest BCUT2D eigenvalue weighted by Gasteiger charge is -2.30. The smallest absolute Gasteiger partial charge is 0.244 e. The van der Waals surface area contributed by atoms with Crippen molar-refractivity contribution in [2.45, 2.75) is 24.3 Å². The molecule has 0 radical (unpaired) electrons. The Morgan fingerprint density at radius 1 is 1.19 bits per heavy atom. The molecule has 0 spiro atoms. The Morgan fingerprint density at radius 3 is 2.50 bits per heavy atom. The van der Waals surface area contributed by atoms with Crippen molar-refractivity contribution in [3.63, 3.8) is 0 Å². The van der Waals surface area contributed by atoms with E-state index in [2.05, 4.69) is 26.2 Å². The van der Waals surface area contributed by atoms with Crippen molar-refractivity contribution >= 4 is 31.9 Å². The molecule has 0 unspecified atom stereocenters. The van der Waals surface area contributed by atoms with Gasteiger partial charge in [0.25, 0.3) is 0 Å². The summed E-state index contributed by atoms with van der Waals surface area (Å²) >= 11 is 3.38. The van der Waals surface area contributed by atoms with E-state index in [4.69, 9.17) is 0 Å². The van der Waals surface area contributed by atoms with Gasteiger partial charge < -0.3 is 5.32 Å². The van der Waals surface area contributed by atoms with Gasteiger partial charge in [-0.25, -0.2) is 8.42 Å². The van der Waals surface area contributed by atoms with Crippen molar-refractivity contribution in [2.75, 3.05) is 13.1 Å². The molecule has 1 amide bonds. The van der Waals surface area contributed by atoms with Crippen LogP contribution in [0.5, 0.6) is 0 Å². The van der Waals surface area contributed by atoms with Gasteiger partial charge >= 0.3 is 0 Å². The number of pyridine rings is 1. The molecule has 1 saturated heterocycles. The SMILES string of the molecule is O=C(NCc1ccc(Br)cc1)C1CCN(S(=O)(=O)c2cccnc2)CC1. The van der Waals surface area contributed by atoms with Crippen molar-refractivity contribution in [2.24, 2.45) is 5.92 Å². The fraction of sp³-hybridized carbons (Fsp3) is 0.333. The molecule has 2 heterocycles. The van der Waals surface area contributed by atoms with E-state index in [1.807, 2.05) is 24.3 Å². The maximum Gasteiger partial charge on any atom is 0.244 e. The van der Waals surface area contributed by atoms with Crippen LogP contribution in [0.2, 0.25) is 0 Å². The molecule has 138 valence electrons. The number of sulfonamides is 1. The number of nitrogens with zero attached hydrogens (tertiary/aromatic N) is 2. The fourth-order valence-electron chi connectivity index (χ4n) is 2.94. The number of carbonyl (C=O) groups is 1. The second kappa shape index (κ2) is 8.28. The van der Waals surface area contributed by atoms with Gasteiger partial charge in [-0.05, 0) is 42.7 Å². The molecule has 0 bridgehead atoms. The quantitative estimate of drug-likeness (QED) is 0.779. The Hall–Kier alpha value is -1.77. The van der Waals surface area contributed by atoms with E-state index >= 15 is 0 Å². The van der Waals surface area contributed by atoms with E-state index in [-0.39, 0.29) is 16.7 Å². The van der Waals surface area contributed by atoms with E-state index in [9.17, 15) is 13.2 Å². The van der Waals surface area contributed by atoms with Crippen LogP contribution in [0.4, 0.5) is 0 Å². The molecule has 0 atom stereocenters. The summed E-state index contributed by atoms with van der Waals surface area (Å²) in [6, 6.07) is 10.9. The van der Waals surface area contributed by atoms with Gasteiger partial charge in [0.2, 0.25) is 15.9 Å². The van der Waals surface area contributed by atoms with Crippen LogP contribution in [0, 0.1) is 5.92 Å². The minimum Gasteiger partial charge on any atom is -0.352 e. The largest absolute Gasteiger partial charge is 0.352 e. The predicted molar refractivity (Wildman–Crippen MR) is 102 cm³/mol. The zero-order valence-electron chi connectivity index (χ0n) is 14.1. The number of aromatic nitrogens is 1. The van der Waals surface area contributed by atoms with Crippen molar-refractivity contribution in [1.29, 1.82) is 0 Å². The van der Waals surface area contributed by atoms with Gasteiger partial charge in [0.1, 0.15) is 4.90 Å². The number of hydrogen-bond acceptors (Lipinski definition) is 4. The van der Waals surface area contributed by atoms with Crippen molar-refractivity contribution < 1.29 is 13.2 Å². The molecule has 6 nitrogen and oxygen atoms in total. The highest BCUT2D eigenvalue weighted by molar-refractivity contribution is 9.10. The minimum atomic E-state index is -3.54. The van der Waals surface area contributed by atoms with Gasteiger partial charge in [0, 0.05) is 42.4 Å². The third-order valence-corrected chi connectivity index (χ3v) is 6.89. The Bertz CT molecular complexity index is 849. The lowest BCUT2D eigenvalue weighted by Crippen LogP contribution is -2.42. The van der Waals surface area contributed by atoms with Crippen LogP contribution < -0.4 is 5.32 Å². The van der Waals surface area contributed by atoms with Gasteiger partial charge in [-0.1, -0.05) is 28.1 Å². The molecule has 1 aromatic carbocycles. The molecule has 3 rings (SSSR count). The molecule has 1 fully saturated rings. The number of piperidine rings is 1. The number of rotatable bonds is 5. The van der Waals surface area contributed by atoms with Crippen molar-refractivity contribution in [3.8, 4) is 0 Å². The van der Waals surface area contributed by atoms with Crippen LogP contribution >= 0.6 is 15.9 Å². The Labute approximate surface area is 161 Å². The maximum absolute atomic E-state index is 12.6. The zero-order valence-corrected chi connectivity index (χ0v) is 16.5. The summed E-state index contributed by atoms with van der Waals surface area (Å²) in [5.74, 6) is -0.183. The first-order chi connectivity index (χ1) is 12.5. The second-order valence-corrected chi connectivity index (χ2v) is 9.06. The Balaban J connectivity index is 1.53. The van der Waals surface area contributed by atoms with Crippen LogP contribution in [0.1, 0.15) is 18.4 Å². The van der Waals surface area contributed by atoms with Gasteiger partial charge in [0.15, 0.2) is 0 Å². The molecular formula is C18H20BrN3O3S. The summed E-state index contributed by atoms with van der Waals surface area (Å²) in [6.07, 6.45) is 3.94. The topological polar surface area (TPSA) is 79.4 Å². The van der Waals surface area contributed by atoms with Crippen LogP contribution in [0.15, 0.2) is 58.2 Å². The summed E-state index contributed by atoms with van der Waals surface area (Å²) in [5.41, 5.74) is 1.03. The summed E-state index contributed by atoms with van der Waals surface area (Å²) < 4.78 is 27.6. The monoisotopic (exact) mass is 437 g/mol. The van der Waals surface area contributed by atoms with Crippen molar-refractivity contribution in [3.05, 3.63) is 58.8 Å². The van der Waals surface area contributed by atoms with Gasteiger partial charge in [0.05, 0.1) is 0 Å². The van der Waals surface area contributed by atoms with E-state index in [1.165, 1.54) is 10.5 Å². The number of hydrogen-bond donors (Lipinski definition) is 1. The highest BCUT2D eigenvalue weighted by atomic mass is 79.9. The average molecular weight is 438 g/mol. The standard InChI is InChI=1S/C18H20BrN3O3S/c19-16-5-3-14(4-6-16)12-21-18(23)15-7-10-22(11-8-15)26(24,25)17-2-1-9-20-13-17/h1-6,9,13,15H,7-8,10-12H2,(H,21,23). The summed E-state index contributed by atoms with van der Waals surface area (Å²) in [7, 11) is -3.54. The summed E-state index contributed by atoms with van der Waals surface area (Å²) in [4.78, 5) is 16.4. The number of halogens is 1. The first-order valence-electron chi connectivity index (χ1n) is 8.39. The molecule has 8 heteroatoms. The van der Waals surface area contributed by atoms with E-state index in [1.54, 1.807) is 18.3 Å². The first kappa shape index (κ1) is 19.0. The number of amides is 1. The average Bonchev–Trinajstić information content (AvgIpc) is 2.68.